The number of halogens is 1. The molecule has 0 aliphatic carbocycles. The second-order valence-corrected chi connectivity index (χ2v) is 5.46. The minimum absolute atomic E-state index is 0.0576. The minimum Gasteiger partial charge on any atom is -0.462 e. The third kappa shape index (κ3) is 4.54. The molecule has 130 valence electrons. The van der Waals surface area contributed by atoms with Crippen LogP contribution >= 0.6 is 11.6 Å². The van der Waals surface area contributed by atoms with E-state index < -0.39 is 16.8 Å². The number of nitrogens with one attached hydrogen (secondary N) is 1. The molecule has 1 amide bonds. The summed E-state index contributed by atoms with van der Waals surface area (Å²) in [6.45, 7) is 2.15. The Kier molecular flexibility index (Phi) is 6.08. The molecule has 0 atom stereocenters. The normalized spacial score (nSPS) is 10.2. The van der Waals surface area contributed by atoms with Crippen LogP contribution in [0.5, 0.6) is 0 Å². The average molecular weight is 363 g/mol. The molecule has 8 heteroatoms. The number of carbonyl (C=O) groups is 2. The topological polar surface area (TPSA) is 98.5 Å². The lowest BCUT2D eigenvalue weighted by molar-refractivity contribution is -0.384. The number of anilines is 1. The van der Waals surface area contributed by atoms with E-state index in [1.165, 1.54) is 18.2 Å². The lowest BCUT2D eigenvalue weighted by Crippen LogP contribution is -2.16. The number of nitro groups is 1. The zero-order chi connectivity index (χ0) is 18.4. The Morgan fingerprint density at radius 2 is 1.92 bits per heavy atom. The number of nitro benzene ring substituents is 1. The minimum atomic E-state index is -0.605. The molecule has 0 bridgehead atoms. The smallest absolute Gasteiger partial charge is 0.340 e. The van der Waals surface area contributed by atoms with E-state index in [0.29, 0.717) is 6.42 Å². The predicted molar refractivity (Wildman–Crippen MR) is 93.1 cm³/mol. The lowest BCUT2D eigenvalue weighted by Gasteiger charge is -2.11. The van der Waals surface area contributed by atoms with Gasteiger partial charge in [0.15, 0.2) is 0 Å². The van der Waals surface area contributed by atoms with Gasteiger partial charge in [0.25, 0.3) is 11.6 Å². The van der Waals surface area contributed by atoms with Crippen molar-refractivity contribution in [3.8, 4) is 0 Å². The van der Waals surface area contributed by atoms with Crippen molar-refractivity contribution in [1.29, 1.82) is 0 Å². The van der Waals surface area contributed by atoms with E-state index in [2.05, 4.69) is 5.32 Å². The van der Waals surface area contributed by atoms with Gasteiger partial charge in [-0.1, -0.05) is 30.7 Å². The van der Waals surface area contributed by atoms with E-state index in [4.69, 9.17) is 16.3 Å². The van der Waals surface area contributed by atoms with Gasteiger partial charge in [-0.2, -0.15) is 0 Å². The van der Waals surface area contributed by atoms with Crippen LogP contribution < -0.4 is 5.32 Å². The third-order valence-corrected chi connectivity index (χ3v) is 3.55. The fourth-order valence-electron chi connectivity index (χ4n) is 2.03. The second-order valence-electron chi connectivity index (χ2n) is 5.06. The summed E-state index contributed by atoms with van der Waals surface area (Å²) in [5, 5.41) is 13.2. The van der Waals surface area contributed by atoms with E-state index in [1.807, 2.05) is 6.92 Å². The van der Waals surface area contributed by atoms with Crippen LogP contribution in [0.4, 0.5) is 11.4 Å². The summed E-state index contributed by atoms with van der Waals surface area (Å²) in [7, 11) is 0. The molecule has 7 nitrogen and oxygen atoms in total. The standard InChI is InChI=1S/C17H15ClN2O5/c1-2-9-25-17(22)13-5-3-4-6-15(13)19-16(21)12-8-7-11(20(23)24)10-14(12)18/h3-8,10H,2,9H2,1H3,(H,19,21). The van der Waals surface area contributed by atoms with Crippen molar-refractivity contribution in [3.05, 3.63) is 68.7 Å². The first-order chi connectivity index (χ1) is 11.9. The summed E-state index contributed by atoms with van der Waals surface area (Å²) >= 11 is 5.95. The third-order valence-electron chi connectivity index (χ3n) is 3.24. The highest BCUT2D eigenvalue weighted by molar-refractivity contribution is 6.34. The Hall–Kier alpha value is -2.93. The van der Waals surface area contributed by atoms with Gasteiger partial charge in [-0.25, -0.2) is 4.79 Å². The molecule has 0 saturated carbocycles. The van der Waals surface area contributed by atoms with Gasteiger partial charge in [0.2, 0.25) is 0 Å². The van der Waals surface area contributed by atoms with Crippen molar-refractivity contribution in [2.45, 2.75) is 13.3 Å². The Morgan fingerprint density at radius 3 is 2.56 bits per heavy atom. The van der Waals surface area contributed by atoms with E-state index in [9.17, 15) is 19.7 Å². The number of amides is 1. The van der Waals surface area contributed by atoms with Crippen LogP contribution in [0.2, 0.25) is 5.02 Å². The quantitative estimate of drug-likeness (QED) is 0.474. The number of hydrogen-bond acceptors (Lipinski definition) is 5. The first kappa shape index (κ1) is 18.4. The van der Waals surface area contributed by atoms with Crippen LogP contribution in [-0.4, -0.2) is 23.4 Å². The number of carbonyl (C=O) groups excluding carboxylic acids is 2. The number of hydrogen-bond donors (Lipinski definition) is 1. The maximum atomic E-state index is 12.4. The van der Waals surface area contributed by atoms with Gasteiger partial charge in [-0.3, -0.25) is 14.9 Å². The van der Waals surface area contributed by atoms with E-state index in [0.717, 1.165) is 6.07 Å². The molecular formula is C17H15ClN2O5. The number of rotatable bonds is 6. The highest BCUT2D eigenvalue weighted by Gasteiger charge is 2.18. The second kappa shape index (κ2) is 8.25. The maximum absolute atomic E-state index is 12.4. The maximum Gasteiger partial charge on any atom is 0.340 e. The summed E-state index contributed by atoms with van der Waals surface area (Å²) in [5.74, 6) is -1.14. The van der Waals surface area contributed by atoms with Gasteiger partial charge in [0.05, 0.1) is 33.4 Å². The van der Waals surface area contributed by atoms with Crippen molar-refractivity contribution >= 4 is 34.9 Å². The number of non-ortho nitro benzene ring substituents is 1. The number of benzene rings is 2. The van der Waals surface area contributed by atoms with E-state index >= 15 is 0 Å². The predicted octanol–water partition coefficient (Wildman–Crippen LogP) is 4.07. The van der Waals surface area contributed by atoms with Crippen molar-refractivity contribution in [1.82, 2.24) is 0 Å². The van der Waals surface area contributed by atoms with Crippen LogP contribution in [0.3, 0.4) is 0 Å². The van der Waals surface area contributed by atoms with Gasteiger partial charge in [-0.15, -0.1) is 0 Å². The lowest BCUT2D eigenvalue weighted by atomic mass is 10.1. The molecule has 0 fully saturated rings. The molecule has 2 aromatic rings. The Bertz CT molecular complexity index is 822. The molecular weight excluding hydrogens is 348 g/mol. The molecule has 0 spiro atoms. The first-order valence-electron chi connectivity index (χ1n) is 7.45. The number of esters is 1. The molecule has 0 unspecified atom stereocenters. The molecule has 0 radical (unpaired) electrons. The van der Waals surface area contributed by atoms with Crippen molar-refractivity contribution in [3.63, 3.8) is 0 Å². The van der Waals surface area contributed by atoms with Crippen molar-refractivity contribution in [2.24, 2.45) is 0 Å². The van der Waals surface area contributed by atoms with Gasteiger partial charge in [-0.05, 0) is 24.6 Å². The van der Waals surface area contributed by atoms with Crippen LogP contribution in [0, 0.1) is 10.1 Å². The Morgan fingerprint density at radius 1 is 1.20 bits per heavy atom. The molecule has 2 rings (SSSR count). The van der Waals surface area contributed by atoms with Crippen LogP contribution in [0.1, 0.15) is 34.1 Å². The van der Waals surface area contributed by atoms with Gasteiger partial charge < -0.3 is 10.1 Å². The summed E-state index contributed by atoms with van der Waals surface area (Å²) in [4.78, 5) is 34.6. The fraction of sp³-hybridized carbons (Fsp3) is 0.176. The van der Waals surface area contributed by atoms with E-state index in [-0.39, 0.29) is 34.1 Å². The van der Waals surface area contributed by atoms with Crippen molar-refractivity contribution < 1.29 is 19.2 Å². The molecule has 0 saturated heterocycles. The molecule has 0 heterocycles. The van der Waals surface area contributed by atoms with E-state index in [1.54, 1.807) is 18.2 Å². The highest BCUT2D eigenvalue weighted by atomic mass is 35.5. The molecule has 0 aliphatic rings. The zero-order valence-corrected chi connectivity index (χ0v) is 14.1. The van der Waals surface area contributed by atoms with Gasteiger partial charge in [0.1, 0.15) is 0 Å². The molecule has 0 aromatic heterocycles. The van der Waals surface area contributed by atoms with Crippen LogP contribution in [-0.2, 0) is 4.74 Å². The monoisotopic (exact) mass is 362 g/mol. The molecule has 25 heavy (non-hydrogen) atoms. The Labute approximate surface area is 148 Å². The molecule has 1 N–H and O–H groups in total. The van der Waals surface area contributed by atoms with Crippen LogP contribution in [0.25, 0.3) is 0 Å². The van der Waals surface area contributed by atoms with Crippen LogP contribution in [0.15, 0.2) is 42.5 Å². The fourth-order valence-corrected chi connectivity index (χ4v) is 2.29. The van der Waals surface area contributed by atoms with Gasteiger partial charge >= 0.3 is 5.97 Å². The number of ether oxygens (including phenoxy) is 1. The average Bonchev–Trinajstić information content (AvgIpc) is 2.59. The summed E-state index contributed by atoms with van der Waals surface area (Å²) in [6.07, 6.45) is 0.679. The highest BCUT2D eigenvalue weighted by Crippen LogP contribution is 2.24. The largest absolute Gasteiger partial charge is 0.462 e. The summed E-state index contributed by atoms with van der Waals surface area (Å²) < 4.78 is 5.08. The van der Waals surface area contributed by atoms with Gasteiger partial charge in [0, 0.05) is 12.1 Å². The number of nitrogens with zero attached hydrogens (tertiary/aromatic N) is 1. The zero-order valence-electron chi connectivity index (χ0n) is 13.3. The summed E-state index contributed by atoms with van der Waals surface area (Å²) in [5.41, 5.74) is 0.319. The molecule has 0 aliphatic heterocycles. The number of para-hydroxylation sites is 1. The summed E-state index contributed by atoms with van der Waals surface area (Å²) in [6, 6.07) is 9.93. The first-order valence-corrected chi connectivity index (χ1v) is 7.83. The molecule has 2 aromatic carbocycles. The van der Waals surface area contributed by atoms with Crippen molar-refractivity contribution in [2.75, 3.05) is 11.9 Å². The Balaban J connectivity index is 2.24. The SMILES string of the molecule is CCCOC(=O)c1ccccc1NC(=O)c1ccc([N+](=O)[O-])cc1Cl.